The van der Waals surface area contributed by atoms with Crippen LogP contribution in [0, 0.1) is 6.92 Å². The number of aryl methyl sites for hydroxylation is 1. The molecule has 1 amide bonds. The molecule has 2 N–H and O–H groups in total. The summed E-state index contributed by atoms with van der Waals surface area (Å²) < 4.78 is 5.31. The number of carbonyl (C=O) groups excluding carboxylic acids is 1. The Labute approximate surface area is 127 Å². The molecule has 1 aliphatic carbocycles. The summed E-state index contributed by atoms with van der Waals surface area (Å²) in [6.07, 6.45) is 6.32. The van der Waals surface area contributed by atoms with Crippen molar-refractivity contribution in [1.29, 1.82) is 0 Å². The van der Waals surface area contributed by atoms with Crippen LogP contribution in [0.2, 0.25) is 0 Å². The number of nitrogens with one attached hydrogen (secondary N) is 2. The van der Waals surface area contributed by atoms with Crippen LogP contribution in [0.25, 0.3) is 0 Å². The SMILES string of the molecule is CNC1(CC(=O)Nc2cc(C)ccc2OC)CCCCC1. The second-order valence-electron chi connectivity index (χ2n) is 6.02. The topological polar surface area (TPSA) is 50.4 Å². The van der Waals surface area contributed by atoms with E-state index in [4.69, 9.17) is 4.74 Å². The summed E-state index contributed by atoms with van der Waals surface area (Å²) in [7, 11) is 3.59. The monoisotopic (exact) mass is 290 g/mol. The Balaban J connectivity index is 2.05. The first-order valence-electron chi connectivity index (χ1n) is 7.72. The zero-order valence-corrected chi connectivity index (χ0v) is 13.3. The second kappa shape index (κ2) is 6.94. The summed E-state index contributed by atoms with van der Waals surface area (Å²) in [5.41, 5.74) is 1.82. The van der Waals surface area contributed by atoms with Crippen molar-refractivity contribution in [3.63, 3.8) is 0 Å². The van der Waals surface area contributed by atoms with Gasteiger partial charge in [0.05, 0.1) is 12.8 Å². The summed E-state index contributed by atoms with van der Waals surface area (Å²) in [4.78, 5) is 12.4. The van der Waals surface area contributed by atoms with Crippen molar-refractivity contribution in [2.24, 2.45) is 0 Å². The van der Waals surface area contributed by atoms with E-state index in [1.165, 1.54) is 19.3 Å². The average molecular weight is 290 g/mol. The van der Waals surface area contributed by atoms with Gasteiger partial charge in [0.15, 0.2) is 0 Å². The highest BCUT2D eigenvalue weighted by Crippen LogP contribution is 2.32. The summed E-state index contributed by atoms with van der Waals surface area (Å²) in [6.45, 7) is 2.01. The van der Waals surface area contributed by atoms with Gasteiger partial charge in [-0.25, -0.2) is 0 Å². The standard InChI is InChI=1S/C17H26N2O2/c1-13-7-8-15(21-3)14(11-13)19-16(20)12-17(18-2)9-5-4-6-10-17/h7-8,11,18H,4-6,9-10,12H2,1-3H3,(H,19,20). The molecule has 0 aromatic heterocycles. The summed E-state index contributed by atoms with van der Waals surface area (Å²) in [5, 5.41) is 6.39. The Morgan fingerprint density at radius 1 is 1.29 bits per heavy atom. The molecule has 1 aromatic rings. The largest absolute Gasteiger partial charge is 0.495 e. The van der Waals surface area contributed by atoms with Crippen LogP contribution in [-0.4, -0.2) is 25.6 Å². The van der Waals surface area contributed by atoms with Gasteiger partial charge in [-0.2, -0.15) is 0 Å². The van der Waals surface area contributed by atoms with E-state index in [0.29, 0.717) is 12.2 Å². The highest BCUT2D eigenvalue weighted by molar-refractivity contribution is 5.93. The predicted molar refractivity (Wildman–Crippen MR) is 85.9 cm³/mol. The first kappa shape index (κ1) is 15.8. The van der Waals surface area contributed by atoms with Crippen molar-refractivity contribution in [2.45, 2.75) is 51.0 Å². The van der Waals surface area contributed by atoms with Gasteiger partial charge in [-0.3, -0.25) is 4.79 Å². The van der Waals surface area contributed by atoms with Gasteiger partial charge in [0.1, 0.15) is 5.75 Å². The number of amides is 1. The van der Waals surface area contributed by atoms with Crippen LogP contribution in [0.4, 0.5) is 5.69 Å². The number of methoxy groups -OCH3 is 1. The molecule has 0 atom stereocenters. The molecule has 0 heterocycles. The van der Waals surface area contributed by atoms with E-state index in [9.17, 15) is 4.79 Å². The van der Waals surface area contributed by atoms with Gasteiger partial charge in [0, 0.05) is 12.0 Å². The highest BCUT2D eigenvalue weighted by atomic mass is 16.5. The van der Waals surface area contributed by atoms with Crippen molar-refractivity contribution < 1.29 is 9.53 Å². The molecule has 2 rings (SSSR count). The van der Waals surface area contributed by atoms with Crippen LogP contribution in [-0.2, 0) is 4.79 Å². The van der Waals surface area contributed by atoms with Crippen LogP contribution in [0.15, 0.2) is 18.2 Å². The quantitative estimate of drug-likeness (QED) is 0.875. The lowest BCUT2D eigenvalue weighted by Crippen LogP contribution is -2.47. The number of anilines is 1. The molecule has 0 saturated heterocycles. The number of benzene rings is 1. The lowest BCUT2D eigenvalue weighted by molar-refractivity contribution is -0.117. The maximum absolute atomic E-state index is 12.4. The van der Waals surface area contributed by atoms with Crippen LogP contribution in [0.1, 0.15) is 44.1 Å². The molecule has 1 fully saturated rings. The van der Waals surface area contributed by atoms with Gasteiger partial charge in [-0.05, 0) is 44.5 Å². The molecule has 0 aliphatic heterocycles. The van der Waals surface area contributed by atoms with E-state index in [2.05, 4.69) is 10.6 Å². The number of carbonyl (C=O) groups is 1. The van der Waals surface area contributed by atoms with Crippen LogP contribution >= 0.6 is 0 Å². The minimum Gasteiger partial charge on any atom is -0.495 e. The Morgan fingerprint density at radius 2 is 2.00 bits per heavy atom. The fourth-order valence-electron chi connectivity index (χ4n) is 3.16. The Bertz CT molecular complexity index is 494. The third-order valence-electron chi connectivity index (χ3n) is 4.47. The van der Waals surface area contributed by atoms with E-state index >= 15 is 0 Å². The van der Waals surface area contributed by atoms with Crippen molar-refractivity contribution in [3.8, 4) is 5.75 Å². The smallest absolute Gasteiger partial charge is 0.226 e. The van der Waals surface area contributed by atoms with Crippen LogP contribution < -0.4 is 15.4 Å². The van der Waals surface area contributed by atoms with Gasteiger partial charge in [0.2, 0.25) is 5.91 Å². The van der Waals surface area contributed by atoms with Gasteiger partial charge in [0.25, 0.3) is 0 Å². The molecule has 116 valence electrons. The third-order valence-corrected chi connectivity index (χ3v) is 4.47. The highest BCUT2D eigenvalue weighted by Gasteiger charge is 2.32. The molecule has 0 unspecified atom stereocenters. The summed E-state index contributed by atoms with van der Waals surface area (Å²) >= 11 is 0. The molecule has 0 spiro atoms. The zero-order valence-electron chi connectivity index (χ0n) is 13.3. The lowest BCUT2D eigenvalue weighted by atomic mass is 9.79. The van der Waals surface area contributed by atoms with Crippen molar-refractivity contribution >= 4 is 11.6 Å². The van der Waals surface area contributed by atoms with Gasteiger partial charge < -0.3 is 15.4 Å². The Hall–Kier alpha value is -1.55. The van der Waals surface area contributed by atoms with E-state index in [0.717, 1.165) is 24.1 Å². The molecule has 4 heteroatoms. The molecular formula is C17H26N2O2. The molecule has 1 saturated carbocycles. The molecular weight excluding hydrogens is 264 g/mol. The first-order valence-corrected chi connectivity index (χ1v) is 7.72. The first-order chi connectivity index (χ1) is 10.1. The molecule has 0 bridgehead atoms. The number of rotatable bonds is 5. The van der Waals surface area contributed by atoms with E-state index < -0.39 is 0 Å². The van der Waals surface area contributed by atoms with Gasteiger partial charge >= 0.3 is 0 Å². The van der Waals surface area contributed by atoms with Crippen LogP contribution in [0.5, 0.6) is 5.75 Å². The number of ether oxygens (including phenoxy) is 1. The fraction of sp³-hybridized carbons (Fsp3) is 0.588. The minimum atomic E-state index is -0.0423. The third kappa shape index (κ3) is 3.97. The molecule has 1 aromatic carbocycles. The van der Waals surface area contributed by atoms with Crippen LogP contribution in [0.3, 0.4) is 0 Å². The zero-order chi connectivity index (χ0) is 15.3. The normalized spacial score (nSPS) is 17.3. The summed E-state index contributed by atoms with van der Waals surface area (Å²) in [6, 6.07) is 5.81. The second-order valence-corrected chi connectivity index (χ2v) is 6.02. The lowest BCUT2D eigenvalue weighted by Gasteiger charge is -2.36. The number of hydrogen-bond acceptors (Lipinski definition) is 3. The fourth-order valence-corrected chi connectivity index (χ4v) is 3.16. The Morgan fingerprint density at radius 3 is 2.62 bits per heavy atom. The predicted octanol–water partition coefficient (Wildman–Crippen LogP) is 3.25. The van der Waals surface area contributed by atoms with E-state index in [1.54, 1.807) is 7.11 Å². The minimum absolute atomic E-state index is 0.0423. The van der Waals surface area contributed by atoms with Crippen molar-refractivity contribution in [2.75, 3.05) is 19.5 Å². The van der Waals surface area contributed by atoms with Crippen molar-refractivity contribution in [1.82, 2.24) is 5.32 Å². The molecule has 4 nitrogen and oxygen atoms in total. The maximum Gasteiger partial charge on any atom is 0.226 e. The molecule has 21 heavy (non-hydrogen) atoms. The van der Waals surface area contributed by atoms with Crippen molar-refractivity contribution in [3.05, 3.63) is 23.8 Å². The van der Waals surface area contributed by atoms with E-state index in [-0.39, 0.29) is 11.4 Å². The number of hydrogen-bond donors (Lipinski definition) is 2. The summed E-state index contributed by atoms with van der Waals surface area (Å²) in [5.74, 6) is 0.756. The maximum atomic E-state index is 12.4. The van der Waals surface area contributed by atoms with Gasteiger partial charge in [-0.1, -0.05) is 25.3 Å². The van der Waals surface area contributed by atoms with Gasteiger partial charge in [-0.15, -0.1) is 0 Å². The molecule has 0 radical (unpaired) electrons. The average Bonchev–Trinajstić information content (AvgIpc) is 2.48. The molecule has 1 aliphatic rings. The Kier molecular flexibility index (Phi) is 5.23. The van der Waals surface area contributed by atoms with E-state index in [1.807, 2.05) is 32.2 Å².